The maximum Gasteiger partial charge on any atom is 0.307 e. The van der Waals surface area contributed by atoms with E-state index in [-0.39, 0.29) is 12.1 Å². The number of hydrazine groups is 1. The maximum atomic E-state index is 11.0. The van der Waals surface area contributed by atoms with Crippen LogP contribution in [0.25, 0.3) is 0 Å². The molecule has 102 valence electrons. The van der Waals surface area contributed by atoms with Crippen LogP contribution in [0.5, 0.6) is 0 Å². The molecule has 3 atom stereocenters. The van der Waals surface area contributed by atoms with Gasteiger partial charge in [0.05, 0.1) is 12.1 Å². The number of carbonyl (C=O) groups is 1. The van der Waals surface area contributed by atoms with Crippen molar-refractivity contribution in [2.75, 3.05) is 13.1 Å². The van der Waals surface area contributed by atoms with Gasteiger partial charge in [0.2, 0.25) is 0 Å². The van der Waals surface area contributed by atoms with E-state index in [1.54, 1.807) is 0 Å². The normalized spacial score (nSPS) is 31.7. The lowest BCUT2D eigenvalue weighted by atomic mass is 10.0. The van der Waals surface area contributed by atoms with Crippen LogP contribution in [0.3, 0.4) is 0 Å². The highest BCUT2D eigenvalue weighted by molar-refractivity contribution is 5.70. The number of carboxylic acids is 1. The molecule has 2 saturated heterocycles. The topological polar surface area (TPSA) is 64.6 Å². The van der Waals surface area contributed by atoms with E-state index in [1.165, 1.54) is 5.56 Å². The Balaban J connectivity index is 1.59. The summed E-state index contributed by atoms with van der Waals surface area (Å²) in [5.41, 5.74) is 7.86. The predicted octanol–water partition coefficient (Wildman–Crippen LogP) is 0.958. The highest BCUT2D eigenvalue weighted by atomic mass is 16.4. The second-order valence-electron chi connectivity index (χ2n) is 5.32. The molecule has 0 bridgehead atoms. The molecule has 0 aliphatic carbocycles. The summed E-state index contributed by atoms with van der Waals surface area (Å²) < 4.78 is 0. The van der Waals surface area contributed by atoms with Gasteiger partial charge in [-0.3, -0.25) is 9.69 Å². The number of hydrogen-bond acceptors (Lipinski definition) is 4. The van der Waals surface area contributed by atoms with E-state index in [2.05, 4.69) is 27.9 Å². The van der Waals surface area contributed by atoms with Crippen molar-refractivity contribution in [1.29, 1.82) is 0 Å². The summed E-state index contributed by atoms with van der Waals surface area (Å²) >= 11 is 0. The number of benzene rings is 1. The molecule has 19 heavy (non-hydrogen) atoms. The molecule has 2 aliphatic heterocycles. The molecule has 1 aromatic carbocycles. The standard InChI is InChI=1S/C14H19N3O2/c18-14(19)11-6-7-17(9-11)13-8-12(15-16-13)10-4-2-1-3-5-10/h1-5,11-13,15-16H,6-9H2,(H,18,19). The molecule has 5 heteroatoms. The number of hydrogen-bond donors (Lipinski definition) is 3. The first-order valence-electron chi connectivity index (χ1n) is 6.77. The van der Waals surface area contributed by atoms with Crippen LogP contribution in [0, 0.1) is 5.92 Å². The van der Waals surface area contributed by atoms with E-state index in [0.29, 0.717) is 12.6 Å². The molecule has 5 nitrogen and oxygen atoms in total. The summed E-state index contributed by atoms with van der Waals surface area (Å²) in [6.07, 6.45) is 1.95. The minimum absolute atomic E-state index is 0.211. The van der Waals surface area contributed by atoms with Crippen LogP contribution in [-0.2, 0) is 4.79 Å². The molecule has 2 fully saturated rings. The minimum Gasteiger partial charge on any atom is -0.481 e. The third kappa shape index (κ3) is 2.63. The highest BCUT2D eigenvalue weighted by Gasteiger charge is 2.36. The first kappa shape index (κ1) is 12.6. The van der Waals surface area contributed by atoms with E-state index >= 15 is 0 Å². The summed E-state index contributed by atoms with van der Waals surface area (Å²) in [6, 6.07) is 10.6. The Morgan fingerprint density at radius 1 is 1.26 bits per heavy atom. The molecular weight excluding hydrogens is 242 g/mol. The van der Waals surface area contributed by atoms with Gasteiger partial charge in [0.15, 0.2) is 0 Å². The van der Waals surface area contributed by atoms with Crippen LogP contribution in [-0.4, -0.2) is 35.2 Å². The zero-order valence-corrected chi connectivity index (χ0v) is 10.7. The molecule has 1 aromatic rings. The number of nitrogens with zero attached hydrogens (tertiary/aromatic N) is 1. The molecule has 3 rings (SSSR count). The molecule has 0 radical (unpaired) electrons. The lowest BCUT2D eigenvalue weighted by Crippen LogP contribution is -2.43. The van der Waals surface area contributed by atoms with Gasteiger partial charge in [-0.15, -0.1) is 0 Å². The smallest absolute Gasteiger partial charge is 0.307 e. The van der Waals surface area contributed by atoms with Crippen LogP contribution in [0.2, 0.25) is 0 Å². The minimum atomic E-state index is -0.673. The van der Waals surface area contributed by atoms with Crippen molar-refractivity contribution in [2.24, 2.45) is 5.92 Å². The Bertz CT molecular complexity index is 451. The molecule has 2 aliphatic rings. The summed E-state index contributed by atoms with van der Waals surface area (Å²) in [7, 11) is 0. The Hall–Kier alpha value is -1.43. The van der Waals surface area contributed by atoms with Crippen molar-refractivity contribution >= 4 is 5.97 Å². The lowest BCUT2D eigenvalue weighted by Gasteiger charge is -2.22. The Labute approximate surface area is 112 Å². The molecule has 0 aromatic heterocycles. The quantitative estimate of drug-likeness (QED) is 0.756. The van der Waals surface area contributed by atoms with E-state index in [0.717, 1.165) is 19.4 Å². The van der Waals surface area contributed by atoms with Gasteiger partial charge in [-0.1, -0.05) is 30.3 Å². The third-order valence-corrected chi connectivity index (χ3v) is 4.09. The second-order valence-corrected chi connectivity index (χ2v) is 5.32. The van der Waals surface area contributed by atoms with E-state index in [1.807, 2.05) is 18.2 Å². The van der Waals surface area contributed by atoms with Gasteiger partial charge in [-0.25, -0.2) is 10.9 Å². The number of nitrogens with one attached hydrogen (secondary N) is 2. The highest BCUT2D eigenvalue weighted by Crippen LogP contribution is 2.27. The zero-order valence-electron chi connectivity index (χ0n) is 10.7. The molecule has 0 amide bonds. The number of aliphatic carboxylic acids is 1. The van der Waals surface area contributed by atoms with Gasteiger partial charge in [0, 0.05) is 19.1 Å². The number of likely N-dealkylation sites (tertiary alicyclic amines) is 1. The monoisotopic (exact) mass is 261 g/mol. The third-order valence-electron chi connectivity index (χ3n) is 4.09. The first-order valence-corrected chi connectivity index (χ1v) is 6.77. The fourth-order valence-corrected chi connectivity index (χ4v) is 2.95. The van der Waals surface area contributed by atoms with Crippen LogP contribution in [0.1, 0.15) is 24.4 Å². The van der Waals surface area contributed by atoms with Crippen molar-refractivity contribution in [2.45, 2.75) is 25.0 Å². The van der Waals surface area contributed by atoms with Crippen molar-refractivity contribution in [3.8, 4) is 0 Å². The summed E-state index contributed by atoms with van der Waals surface area (Å²) in [5.74, 6) is -0.884. The summed E-state index contributed by atoms with van der Waals surface area (Å²) in [6.45, 7) is 1.51. The van der Waals surface area contributed by atoms with Crippen LogP contribution in [0.4, 0.5) is 0 Å². The summed E-state index contributed by atoms with van der Waals surface area (Å²) in [5, 5.41) is 9.04. The predicted molar refractivity (Wildman–Crippen MR) is 71.2 cm³/mol. The van der Waals surface area contributed by atoms with E-state index < -0.39 is 5.97 Å². The maximum absolute atomic E-state index is 11.0. The zero-order chi connectivity index (χ0) is 13.2. The molecule has 0 spiro atoms. The summed E-state index contributed by atoms with van der Waals surface area (Å²) in [4.78, 5) is 13.2. The van der Waals surface area contributed by atoms with Gasteiger partial charge in [0.25, 0.3) is 0 Å². The first-order chi connectivity index (χ1) is 9.24. The Morgan fingerprint density at radius 3 is 2.74 bits per heavy atom. The number of carboxylic acid groups (broad SMARTS) is 1. The van der Waals surface area contributed by atoms with Gasteiger partial charge in [0.1, 0.15) is 0 Å². The Morgan fingerprint density at radius 2 is 2.05 bits per heavy atom. The van der Waals surface area contributed by atoms with Crippen molar-refractivity contribution in [1.82, 2.24) is 15.8 Å². The van der Waals surface area contributed by atoms with Gasteiger partial charge in [-0.05, 0) is 18.4 Å². The second kappa shape index (κ2) is 5.28. The van der Waals surface area contributed by atoms with E-state index in [4.69, 9.17) is 5.11 Å². The Kier molecular flexibility index (Phi) is 3.50. The van der Waals surface area contributed by atoms with Crippen molar-refractivity contribution in [3.63, 3.8) is 0 Å². The average molecular weight is 261 g/mol. The van der Waals surface area contributed by atoms with Crippen LogP contribution < -0.4 is 10.9 Å². The fraction of sp³-hybridized carbons (Fsp3) is 0.500. The van der Waals surface area contributed by atoms with Gasteiger partial charge >= 0.3 is 5.97 Å². The van der Waals surface area contributed by atoms with Crippen molar-refractivity contribution < 1.29 is 9.90 Å². The number of rotatable bonds is 3. The lowest BCUT2D eigenvalue weighted by molar-refractivity contribution is -0.141. The molecule has 2 heterocycles. The molecule has 0 saturated carbocycles. The largest absolute Gasteiger partial charge is 0.481 e. The van der Waals surface area contributed by atoms with Crippen molar-refractivity contribution in [3.05, 3.63) is 35.9 Å². The van der Waals surface area contributed by atoms with Gasteiger partial charge < -0.3 is 5.11 Å². The van der Waals surface area contributed by atoms with Gasteiger partial charge in [-0.2, -0.15) is 0 Å². The fourth-order valence-electron chi connectivity index (χ4n) is 2.95. The van der Waals surface area contributed by atoms with Crippen LogP contribution >= 0.6 is 0 Å². The average Bonchev–Trinajstić information content (AvgIpc) is 3.09. The molecular formula is C14H19N3O2. The van der Waals surface area contributed by atoms with E-state index in [9.17, 15) is 4.79 Å². The molecule has 3 N–H and O–H groups in total. The molecule has 3 unspecified atom stereocenters. The van der Waals surface area contributed by atoms with Crippen LogP contribution in [0.15, 0.2) is 30.3 Å². The SMILES string of the molecule is O=C(O)C1CCN(C2CC(c3ccccc3)NN2)C1.